The molecule has 0 aromatic heterocycles. The molecule has 3 nitrogen and oxygen atoms in total. The number of hydrogen-bond acceptors (Lipinski definition) is 3. The average Bonchev–Trinajstić information content (AvgIpc) is 2.36. The third-order valence-electron chi connectivity index (χ3n) is 2.70. The molecule has 0 saturated heterocycles. The summed E-state index contributed by atoms with van der Waals surface area (Å²) in [7, 11) is 0. The first-order valence-corrected chi connectivity index (χ1v) is 6.54. The summed E-state index contributed by atoms with van der Waals surface area (Å²) in [6.07, 6.45) is 4.90. The number of nitrogens with two attached hydrogens (primary N) is 1. The molecule has 1 aromatic carbocycles. The van der Waals surface area contributed by atoms with Gasteiger partial charge in [-0.25, -0.2) is 0 Å². The first kappa shape index (κ1) is 12.5. The summed E-state index contributed by atoms with van der Waals surface area (Å²) in [5.41, 5.74) is 7.84. The minimum absolute atomic E-state index is 0.537. The number of ether oxygens (including phenoxy) is 2. The summed E-state index contributed by atoms with van der Waals surface area (Å²) in [5, 5.41) is 0. The van der Waals surface area contributed by atoms with Gasteiger partial charge in [0.15, 0.2) is 11.5 Å². The molecule has 0 amide bonds. The highest BCUT2D eigenvalue weighted by Crippen LogP contribution is 2.42. The Balaban J connectivity index is 2.51. The summed E-state index contributed by atoms with van der Waals surface area (Å²) in [6, 6.07) is 2.02. The molecule has 1 aromatic rings. The SMILES string of the molecule is CCc1c(/C=C/CN)cc2c(c1Br)OCCO2. The fourth-order valence-electron chi connectivity index (χ4n) is 1.91. The molecule has 2 rings (SSSR count). The molecule has 0 atom stereocenters. The topological polar surface area (TPSA) is 44.5 Å². The van der Waals surface area contributed by atoms with Gasteiger partial charge in [-0.05, 0) is 39.5 Å². The molecule has 0 fully saturated rings. The van der Waals surface area contributed by atoms with Crippen molar-refractivity contribution in [2.45, 2.75) is 13.3 Å². The number of halogens is 1. The lowest BCUT2D eigenvalue weighted by molar-refractivity contribution is 0.170. The minimum atomic E-state index is 0.537. The second kappa shape index (κ2) is 5.56. The number of fused-ring (bicyclic) bond motifs is 1. The largest absolute Gasteiger partial charge is 0.486 e. The van der Waals surface area contributed by atoms with Gasteiger partial charge in [0.2, 0.25) is 0 Å². The van der Waals surface area contributed by atoms with Crippen LogP contribution >= 0.6 is 15.9 Å². The maximum Gasteiger partial charge on any atom is 0.175 e. The molecule has 0 unspecified atom stereocenters. The first-order chi connectivity index (χ1) is 8.27. The van der Waals surface area contributed by atoms with Crippen LogP contribution in [0, 0.1) is 0 Å². The van der Waals surface area contributed by atoms with Crippen LogP contribution in [0.2, 0.25) is 0 Å². The molecule has 1 aliphatic heterocycles. The Bertz CT molecular complexity index is 444. The Morgan fingerprint density at radius 1 is 1.41 bits per heavy atom. The van der Waals surface area contributed by atoms with Crippen LogP contribution in [0.4, 0.5) is 0 Å². The standard InChI is InChI=1S/C13H16BrNO2/c1-2-10-9(4-3-5-15)8-11-13(12(10)14)17-7-6-16-11/h3-4,8H,2,5-7,15H2,1H3/b4-3+. The molecular weight excluding hydrogens is 282 g/mol. The molecule has 0 spiro atoms. The van der Waals surface area contributed by atoms with Crippen LogP contribution < -0.4 is 15.2 Å². The van der Waals surface area contributed by atoms with Gasteiger partial charge in [-0.1, -0.05) is 19.1 Å². The summed E-state index contributed by atoms with van der Waals surface area (Å²) < 4.78 is 12.2. The summed E-state index contributed by atoms with van der Waals surface area (Å²) in [6.45, 7) is 3.86. The number of hydrogen-bond donors (Lipinski definition) is 1. The van der Waals surface area contributed by atoms with E-state index in [0.29, 0.717) is 19.8 Å². The lowest BCUT2D eigenvalue weighted by atomic mass is 10.0. The lowest BCUT2D eigenvalue weighted by Crippen LogP contribution is -2.16. The van der Waals surface area contributed by atoms with Crippen LogP contribution in [0.15, 0.2) is 16.6 Å². The quantitative estimate of drug-likeness (QED) is 0.933. The average molecular weight is 298 g/mol. The van der Waals surface area contributed by atoms with E-state index in [1.807, 2.05) is 18.2 Å². The van der Waals surface area contributed by atoms with Gasteiger partial charge in [0, 0.05) is 6.54 Å². The van der Waals surface area contributed by atoms with Gasteiger partial charge in [0.1, 0.15) is 13.2 Å². The monoisotopic (exact) mass is 297 g/mol. The zero-order valence-corrected chi connectivity index (χ0v) is 11.4. The van der Waals surface area contributed by atoms with Crippen LogP contribution in [0.5, 0.6) is 11.5 Å². The van der Waals surface area contributed by atoms with Crippen molar-refractivity contribution in [1.29, 1.82) is 0 Å². The molecule has 92 valence electrons. The lowest BCUT2D eigenvalue weighted by Gasteiger charge is -2.22. The van der Waals surface area contributed by atoms with E-state index in [1.165, 1.54) is 5.56 Å². The molecule has 0 saturated carbocycles. The van der Waals surface area contributed by atoms with Crippen molar-refractivity contribution in [2.24, 2.45) is 5.73 Å². The van der Waals surface area contributed by atoms with E-state index < -0.39 is 0 Å². The van der Waals surface area contributed by atoms with Crippen LogP contribution in [-0.4, -0.2) is 19.8 Å². The summed E-state index contributed by atoms with van der Waals surface area (Å²) in [4.78, 5) is 0. The highest BCUT2D eigenvalue weighted by molar-refractivity contribution is 9.10. The van der Waals surface area contributed by atoms with Crippen molar-refractivity contribution in [3.8, 4) is 11.5 Å². The maximum absolute atomic E-state index is 5.64. The van der Waals surface area contributed by atoms with E-state index in [9.17, 15) is 0 Å². The van der Waals surface area contributed by atoms with E-state index in [4.69, 9.17) is 15.2 Å². The highest BCUT2D eigenvalue weighted by atomic mass is 79.9. The van der Waals surface area contributed by atoms with E-state index in [1.54, 1.807) is 0 Å². The van der Waals surface area contributed by atoms with Gasteiger partial charge in [0.25, 0.3) is 0 Å². The van der Waals surface area contributed by atoms with Gasteiger partial charge < -0.3 is 15.2 Å². The van der Waals surface area contributed by atoms with E-state index in [2.05, 4.69) is 22.9 Å². The van der Waals surface area contributed by atoms with Gasteiger partial charge in [-0.15, -0.1) is 0 Å². The molecule has 1 aliphatic rings. The molecule has 1 heterocycles. The zero-order chi connectivity index (χ0) is 12.3. The highest BCUT2D eigenvalue weighted by Gasteiger charge is 2.19. The molecule has 0 radical (unpaired) electrons. The smallest absolute Gasteiger partial charge is 0.175 e. The second-order valence-corrected chi connectivity index (χ2v) is 4.57. The Labute approximate surface area is 110 Å². The van der Waals surface area contributed by atoms with Crippen LogP contribution in [0.25, 0.3) is 6.08 Å². The van der Waals surface area contributed by atoms with Crippen LogP contribution in [-0.2, 0) is 6.42 Å². The zero-order valence-electron chi connectivity index (χ0n) is 9.83. The van der Waals surface area contributed by atoms with Crippen LogP contribution in [0.3, 0.4) is 0 Å². The third kappa shape index (κ3) is 2.48. The fraction of sp³-hybridized carbons (Fsp3) is 0.385. The first-order valence-electron chi connectivity index (χ1n) is 5.75. The summed E-state index contributed by atoms with van der Waals surface area (Å²) in [5.74, 6) is 1.62. The van der Waals surface area contributed by atoms with E-state index in [-0.39, 0.29) is 0 Å². The van der Waals surface area contributed by atoms with Crippen molar-refractivity contribution in [2.75, 3.05) is 19.8 Å². The molecule has 2 N–H and O–H groups in total. The number of benzene rings is 1. The molecule has 0 aliphatic carbocycles. The fourth-order valence-corrected chi connectivity index (χ4v) is 2.73. The third-order valence-corrected chi connectivity index (χ3v) is 3.54. The van der Waals surface area contributed by atoms with Gasteiger partial charge in [0.05, 0.1) is 4.47 Å². The van der Waals surface area contributed by atoms with Crippen molar-refractivity contribution in [3.05, 3.63) is 27.7 Å². The van der Waals surface area contributed by atoms with E-state index in [0.717, 1.165) is 28.0 Å². The molecular formula is C13H16BrNO2. The van der Waals surface area contributed by atoms with Crippen molar-refractivity contribution < 1.29 is 9.47 Å². The van der Waals surface area contributed by atoms with Gasteiger partial charge >= 0.3 is 0 Å². The predicted molar refractivity (Wildman–Crippen MR) is 72.6 cm³/mol. The Kier molecular flexibility index (Phi) is 4.07. The molecule has 4 heteroatoms. The second-order valence-electron chi connectivity index (χ2n) is 3.77. The molecule has 0 bridgehead atoms. The van der Waals surface area contributed by atoms with Crippen molar-refractivity contribution in [1.82, 2.24) is 0 Å². The summed E-state index contributed by atoms with van der Waals surface area (Å²) >= 11 is 3.60. The number of rotatable bonds is 3. The van der Waals surface area contributed by atoms with Crippen LogP contribution in [0.1, 0.15) is 18.1 Å². The molecule has 17 heavy (non-hydrogen) atoms. The Morgan fingerprint density at radius 2 is 2.18 bits per heavy atom. The van der Waals surface area contributed by atoms with Crippen molar-refractivity contribution in [3.63, 3.8) is 0 Å². The Hall–Kier alpha value is -1.00. The Morgan fingerprint density at radius 3 is 2.88 bits per heavy atom. The normalized spacial score (nSPS) is 14.3. The maximum atomic E-state index is 5.64. The van der Waals surface area contributed by atoms with Crippen molar-refractivity contribution >= 4 is 22.0 Å². The van der Waals surface area contributed by atoms with Gasteiger partial charge in [-0.3, -0.25) is 0 Å². The van der Waals surface area contributed by atoms with Gasteiger partial charge in [-0.2, -0.15) is 0 Å². The van der Waals surface area contributed by atoms with E-state index >= 15 is 0 Å². The predicted octanol–water partition coefficient (Wildman–Crippen LogP) is 2.75. The minimum Gasteiger partial charge on any atom is -0.486 e.